The Labute approximate surface area is 167 Å². The topological polar surface area (TPSA) is 47.9 Å². The molecule has 5 unspecified atom stereocenters. The number of methoxy groups -OCH3 is 2. The van der Waals surface area contributed by atoms with Crippen molar-refractivity contribution in [2.24, 2.45) is 11.8 Å². The molecule has 3 rings (SSSR count). The van der Waals surface area contributed by atoms with Crippen molar-refractivity contribution in [1.29, 1.82) is 0 Å². The molecule has 0 aliphatic heterocycles. The van der Waals surface area contributed by atoms with Gasteiger partial charge in [-0.05, 0) is 30.5 Å². The molecule has 0 saturated heterocycles. The van der Waals surface area contributed by atoms with Gasteiger partial charge >= 0.3 is 0 Å². The third kappa shape index (κ3) is 4.00. The number of aliphatic hydroxyl groups excluding tert-OH is 1. The molecule has 0 bridgehead atoms. The second-order valence-corrected chi connectivity index (χ2v) is 7.41. The number of aliphatic hydroxyl groups is 1. The molecular formula is C24H30O4. The van der Waals surface area contributed by atoms with E-state index >= 15 is 0 Å². The lowest BCUT2D eigenvalue weighted by Crippen LogP contribution is -2.53. The summed E-state index contributed by atoms with van der Waals surface area (Å²) < 4.78 is 18.1. The van der Waals surface area contributed by atoms with E-state index in [1.807, 2.05) is 55.5 Å². The summed E-state index contributed by atoms with van der Waals surface area (Å²) in [6.45, 7) is 4.07. The van der Waals surface area contributed by atoms with Crippen LogP contribution in [0.5, 0.6) is 0 Å². The molecule has 150 valence electrons. The second kappa shape index (κ2) is 8.91. The Bertz CT molecular complexity index is 774. The zero-order valence-corrected chi connectivity index (χ0v) is 17.0. The van der Waals surface area contributed by atoms with Crippen LogP contribution in [0.3, 0.4) is 0 Å². The molecule has 2 aromatic carbocycles. The number of benzene rings is 2. The van der Waals surface area contributed by atoms with Gasteiger partial charge in [0.2, 0.25) is 5.79 Å². The highest BCUT2D eigenvalue weighted by atomic mass is 16.7. The zero-order chi connectivity index (χ0) is 20.1. The van der Waals surface area contributed by atoms with Crippen molar-refractivity contribution in [2.75, 3.05) is 14.2 Å². The first-order valence-corrected chi connectivity index (χ1v) is 9.78. The van der Waals surface area contributed by atoms with Crippen LogP contribution in [-0.2, 0) is 20.6 Å². The molecule has 28 heavy (non-hydrogen) atoms. The van der Waals surface area contributed by atoms with Gasteiger partial charge in [0.05, 0.1) is 19.3 Å². The molecule has 0 amide bonds. The molecule has 1 N–H and O–H groups in total. The summed E-state index contributed by atoms with van der Waals surface area (Å²) in [6, 6.07) is 20.2. The van der Waals surface area contributed by atoms with Gasteiger partial charge in [-0.2, -0.15) is 0 Å². The van der Waals surface area contributed by atoms with Crippen LogP contribution in [0.4, 0.5) is 0 Å². The molecule has 5 atom stereocenters. The average Bonchev–Trinajstić information content (AvgIpc) is 2.74. The Morgan fingerprint density at radius 1 is 1.00 bits per heavy atom. The largest absolute Gasteiger partial charge is 0.496 e. The van der Waals surface area contributed by atoms with Crippen LogP contribution in [-0.4, -0.2) is 31.2 Å². The smallest absolute Gasteiger partial charge is 0.230 e. The average molecular weight is 383 g/mol. The molecule has 1 aliphatic carbocycles. The van der Waals surface area contributed by atoms with Gasteiger partial charge in [0, 0.05) is 18.9 Å². The van der Waals surface area contributed by atoms with Gasteiger partial charge in [0.1, 0.15) is 0 Å². The third-order valence-corrected chi connectivity index (χ3v) is 5.80. The molecule has 0 aromatic heterocycles. The number of hydrogen-bond acceptors (Lipinski definition) is 4. The van der Waals surface area contributed by atoms with E-state index in [2.05, 4.69) is 19.1 Å². The molecule has 4 heteroatoms. The molecule has 1 aliphatic rings. The van der Waals surface area contributed by atoms with Crippen LogP contribution in [0, 0.1) is 11.8 Å². The molecule has 0 fully saturated rings. The number of ether oxygens (including phenoxy) is 3. The van der Waals surface area contributed by atoms with Crippen molar-refractivity contribution in [2.45, 2.75) is 38.3 Å². The fourth-order valence-electron chi connectivity index (χ4n) is 4.15. The predicted octanol–water partition coefficient (Wildman–Crippen LogP) is 4.51. The van der Waals surface area contributed by atoms with Gasteiger partial charge in [0.15, 0.2) is 5.76 Å². The molecule has 0 spiro atoms. The van der Waals surface area contributed by atoms with Crippen LogP contribution in [0.15, 0.2) is 72.5 Å². The van der Waals surface area contributed by atoms with Gasteiger partial charge in [0.25, 0.3) is 0 Å². The maximum absolute atomic E-state index is 10.8. The summed E-state index contributed by atoms with van der Waals surface area (Å²) in [5.74, 6) is -0.743. The van der Waals surface area contributed by atoms with Gasteiger partial charge in [-0.1, -0.05) is 67.6 Å². The lowest BCUT2D eigenvalue weighted by molar-refractivity contribution is -0.281. The number of rotatable bonds is 7. The summed E-state index contributed by atoms with van der Waals surface area (Å²) in [6.07, 6.45) is 1.62. The minimum absolute atomic E-state index is 0.0655. The molecule has 4 nitrogen and oxygen atoms in total. The molecule has 0 heterocycles. The molecule has 0 radical (unpaired) electrons. The highest BCUT2D eigenvalue weighted by molar-refractivity contribution is 5.23. The van der Waals surface area contributed by atoms with E-state index in [0.717, 1.165) is 12.0 Å². The summed E-state index contributed by atoms with van der Waals surface area (Å²) in [5, 5.41) is 10.8. The van der Waals surface area contributed by atoms with Crippen LogP contribution in [0.2, 0.25) is 0 Å². The van der Waals surface area contributed by atoms with E-state index in [9.17, 15) is 5.11 Å². The Kier molecular flexibility index (Phi) is 6.55. The van der Waals surface area contributed by atoms with Crippen LogP contribution < -0.4 is 0 Å². The van der Waals surface area contributed by atoms with Gasteiger partial charge in [-0.3, -0.25) is 0 Å². The maximum atomic E-state index is 10.8. The highest BCUT2D eigenvalue weighted by Crippen LogP contribution is 2.45. The normalized spacial score (nSPS) is 28.5. The van der Waals surface area contributed by atoms with Crippen molar-refractivity contribution >= 4 is 0 Å². The van der Waals surface area contributed by atoms with Crippen molar-refractivity contribution in [3.8, 4) is 0 Å². The standard InChI is InChI=1S/C24H30O4/c1-17-21(15-19-11-7-5-8-12-19)22(25)16-23(26-3)24(17,27-4)28-18(2)20-13-9-6-10-14-20/h5-14,16-18,21-22,25H,15H2,1-4H3. The Morgan fingerprint density at radius 2 is 1.61 bits per heavy atom. The minimum Gasteiger partial charge on any atom is -0.496 e. The van der Waals surface area contributed by atoms with Gasteiger partial charge in [-0.25, -0.2) is 0 Å². The quantitative estimate of drug-likeness (QED) is 0.716. The van der Waals surface area contributed by atoms with Crippen molar-refractivity contribution < 1.29 is 19.3 Å². The number of hydrogen-bond donors (Lipinski definition) is 1. The van der Waals surface area contributed by atoms with E-state index in [1.165, 1.54) is 5.56 Å². The first kappa shape index (κ1) is 20.6. The summed E-state index contributed by atoms with van der Waals surface area (Å²) >= 11 is 0. The summed E-state index contributed by atoms with van der Waals surface area (Å²) in [5.41, 5.74) is 2.24. The predicted molar refractivity (Wildman–Crippen MR) is 110 cm³/mol. The first-order chi connectivity index (χ1) is 13.5. The van der Waals surface area contributed by atoms with E-state index in [1.54, 1.807) is 20.3 Å². The molecular weight excluding hydrogens is 352 g/mol. The monoisotopic (exact) mass is 382 g/mol. The fourth-order valence-corrected chi connectivity index (χ4v) is 4.15. The highest BCUT2D eigenvalue weighted by Gasteiger charge is 2.52. The summed E-state index contributed by atoms with van der Waals surface area (Å²) in [7, 11) is 3.23. The van der Waals surface area contributed by atoms with Crippen LogP contribution in [0.25, 0.3) is 0 Å². The van der Waals surface area contributed by atoms with E-state index in [-0.39, 0.29) is 17.9 Å². The van der Waals surface area contributed by atoms with E-state index < -0.39 is 11.9 Å². The van der Waals surface area contributed by atoms with Crippen molar-refractivity contribution in [3.05, 3.63) is 83.6 Å². The SMILES string of the molecule is COC1=CC(O)C(Cc2ccccc2)C(C)C1(OC)OC(C)c1ccccc1. The van der Waals surface area contributed by atoms with Crippen molar-refractivity contribution in [3.63, 3.8) is 0 Å². The van der Waals surface area contributed by atoms with Gasteiger partial charge < -0.3 is 19.3 Å². The Morgan fingerprint density at radius 3 is 2.18 bits per heavy atom. The lowest BCUT2D eigenvalue weighted by atomic mass is 9.74. The molecule has 0 saturated carbocycles. The van der Waals surface area contributed by atoms with Crippen molar-refractivity contribution in [1.82, 2.24) is 0 Å². The van der Waals surface area contributed by atoms with E-state index in [4.69, 9.17) is 14.2 Å². The van der Waals surface area contributed by atoms with Gasteiger partial charge in [-0.15, -0.1) is 0 Å². The zero-order valence-electron chi connectivity index (χ0n) is 17.0. The van der Waals surface area contributed by atoms with Crippen LogP contribution >= 0.6 is 0 Å². The van der Waals surface area contributed by atoms with Crippen LogP contribution in [0.1, 0.15) is 31.1 Å². The lowest BCUT2D eigenvalue weighted by Gasteiger charge is -2.47. The third-order valence-electron chi connectivity index (χ3n) is 5.80. The maximum Gasteiger partial charge on any atom is 0.230 e. The minimum atomic E-state index is -1.07. The Balaban J connectivity index is 1.93. The first-order valence-electron chi connectivity index (χ1n) is 9.78. The fraction of sp³-hybridized carbons (Fsp3) is 0.417. The second-order valence-electron chi connectivity index (χ2n) is 7.41. The summed E-state index contributed by atoms with van der Waals surface area (Å²) in [4.78, 5) is 0. The van der Waals surface area contributed by atoms with E-state index in [0.29, 0.717) is 5.76 Å². The molecule has 2 aromatic rings. The Hall–Kier alpha value is -2.14.